The lowest BCUT2D eigenvalue weighted by Gasteiger charge is -1.98. The Morgan fingerprint density at radius 1 is 1.55 bits per heavy atom. The van der Waals surface area contributed by atoms with Crippen LogP contribution in [0.5, 0.6) is 0 Å². The molecule has 60 valence electrons. The first kappa shape index (κ1) is 8.05. The summed E-state index contributed by atoms with van der Waals surface area (Å²) in [6.45, 7) is 6.06. The Morgan fingerprint density at radius 2 is 2.18 bits per heavy atom. The lowest BCUT2D eigenvalue weighted by molar-refractivity contribution is 1.13. The highest BCUT2D eigenvalue weighted by Gasteiger charge is 2.15. The minimum atomic E-state index is 0.854. The first-order valence-electron chi connectivity index (χ1n) is 3.91. The SMILES string of the molecule is C/C=C1/N=C(C)C(CC)=C1N. The Morgan fingerprint density at radius 3 is 2.45 bits per heavy atom. The molecule has 2 heteroatoms. The largest absolute Gasteiger partial charge is 0.397 e. The number of rotatable bonds is 1. The summed E-state index contributed by atoms with van der Waals surface area (Å²) in [7, 11) is 0. The summed E-state index contributed by atoms with van der Waals surface area (Å²) in [6.07, 6.45) is 2.92. The van der Waals surface area contributed by atoms with Crippen molar-refractivity contribution < 1.29 is 0 Å². The van der Waals surface area contributed by atoms with Crippen LogP contribution in [0.1, 0.15) is 27.2 Å². The van der Waals surface area contributed by atoms with Crippen molar-refractivity contribution in [2.24, 2.45) is 10.7 Å². The standard InChI is InChI=1S/C9H14N2/c1-4-7-6(3)11-8(5-2)9(7)10/h5H,4,10H2,1-3H3/b8-5+. The molecule has 0 aliphatic carbocycles. The molecular formula is C9H14N2. The molecule has 0 radical (unpaired) electrons. The van der Waals surface area contributed by atoms with E-state index in [1.165, 1.54) is 5.57 Å². The van der Waals surface area contributed by atoms with Crippen LogP contribution in [0.3, 0.4) is 0 Å². The zero-order valence-corrected chi connectivity index (χ0v) is 7.31. The topological polar surface area (TPSA) is 38.4 Å². The fourth-order valence-corrected chi connectivity index (χ4v) is 1.32. The normalized spacial score (nSPS) is 21.4. The smallest absolute Gasteiger partial charge is 0.0823 e. The first-order valence-corrected chi connectivity index (χ1v) is 3.91. The van der Waals surface area contributed by atoms with E-state index in [1.54, 1.807) is 0 Å². The molecule has 1 rings (SSSR count). The van der Waals surface area contributed by atoms with Gasteiger partial charge in [-0.05, 0) is 25.8 Å². The van der Waals surface area contributed by atoms with Crippen molar-refractivity contribution in [2.45, 2.75) is 27.2 Å². The zero-order chi connectivity index (χ0) is 8.43. The van der Waals surface area contributed by atoms with Crippen LogP contribution in [-0.4, -0.2) is 5.71 Å². The highest BCUT2D eigenvalue weighted by atomic mass is 14.9. The molecule has 0 unspecified atom stereocenters. The van der Waals surface area contributed by atoms with Gasteiger partial charge in [-0.2, -0.15) is 0 Å². The van der Waals surface area contributed by atoms with Crippen molar-refractivity contribution in [1.29, 1.82) is 0 Å². The summed E-state index contributed by atoms with van der Waals surface area (Å²) < 4.78 is 0. The highest BCUT2D eigenvalue weighted by molar-refractivity contribution is 6.02. The molecule has 1 heterocycles. The van der Waals surface area contributed by atoms with Gasteiger partial charge in [-0.3, -0.25) is 4.99 Å². The van der Waals surface area contributed by atoms with E-state index in [2.05, 4.69) is 11.9 Å². The second-order valence-corrected chi connectivity index (χ2v) is 2.62. The van der Waals surface area contributed by atoms with Crippen molar-refractivity contribution >= 4 is 5.71 Å². The minimum absolute atomic E-state index is 0.854. The lowest BCUT2D eigenvalue weighted by atomic mass is 10.1. The monoisotopic (exact) mass is 150 g/mol. The van der Waals surface area contributed by atoms with Crippen molar-refractivity contribution in [3.05, 3.63) is 23.0 Å². The van der Waals surface area contributed by atoms with E-state index in [0.29, 0.717) is 0 Å². The Kier molecular flexibility index (Phi) is 2.13. The quantitative estimate of drug-likeness (QED) is 0.610. The van der Waals surface area contributed by atoms with E-state index in [4.69, 9.17) is 5.73 Å². The summed E-state index contributed by atoms with van der Waals surface area (Å²) in [6, 6.07) is 0. The molecule has 0 spiro atoms. The number of aliphatic imine (C=N–C) groups is 1. The van der Waals surface area contributed by atoms with Crippen molar-refractivity contribution in [3.63, 3.8) is 0 Å². The Labute approximate surface area is 67.5 Å². The zero-order valence-electron chi connectivity index (χ0n) is 7.31. The van der Waals surface area contributed by atoms with Crippen LogP contribution in [0.4, 0.5) is 0 Å². The molecule has 0 amide bonds. The van der Waals surface area contributed by atoms with Gasteiger partial charge in [-0.15, -0.1) is 0 Å². The van der Waals surface area contributed by atoms with E-state index in [1.807, 2.05) is 19.9 Å². The fraction of sp³-hybridized carbons (Fsp3) is 0.444. The number of nitrogens with two attached hydrogens (primary N) is 1. The predicted molar refractivity (Wildman–Crippen MR) is 48.4 cm³/mol. The van der Waals surface area contributed by atoms with Crippen LogP contribution < -0.4 is 5.73 Å². The van der Waals surface area contributed by atoms with E-state index in [9.17, 15) is 0 Å². The van der Waals surface area contributed by atoms with Gasteiger partial charge in [0.25, 0.3) is 0 Å². The molecule has 0 saturated carbocycles. The van der Waals surface area contributed by atoms with Gasteiger partial charge in [0.05, 0.1) is 11.4 Å². The van der Waals surface area contributed by atoms with Gasteiger partial charge < -0.3 is 5.73 Å². The third-order valence-electron chi connectivity index (χ3n) is 1.95. The van der Waals surface area contributed by atoms with Gasteiger partial charge >= 0.3 is 0 Å². The third kappa shape index (κ3) is 1.20. The van der Waals surface area contributed by atoms with E-state index in [0.717, 1.165) is 23.5 Å². The van der Waals surface area contributed by atoms with Crippen molar-refractivity contribution in [1.82, 2.24) is 0 Å². The second-order valence-electron chi connectivity index (χ2n) is 2.62. The van der Waals surface area contributed by atoms with E-state index >= 15 is 0 Å². The molecular weight excluding hydrogens is 136 g/mol. The average molecular weight is 150 g/mol. The molecule has 0 saturated heterocycles. The minimum Gasteiger partial charge on any atom is -0.397 e. The van der Waals surface area contributed by atoms with Gasteiger partial charge in [0.2, 0.25) is 0 Å². The Balaban J connectivity index is 3.09. The second kappa shape index (κ2) is 2.91. The van der Waals surface area contributed by atoms with Gasteiger partial charge in [-0.25, -0.2) is 0 Å². The number of hydrogen-bond donors (Lipinski definition) is 1. The fourth-order valence-electron chi connectivity index (χ4n) is 1.32. The van der Waals surface area contributed by atoms with Gasteiger partial charge in [0.1, 0.15) is 0 Å². The summed E-state index contributed by atoms with van der Waals surface area (Å²) in [5.74, 6) is 0. The molecule has 0 aromatic rings. The lowest BCUT2D eigenvalue weighted by Crippen LogP contribution is -2.01. The maximum atomic E-state index is 5.83. The predicted octanol–water partition coefficient (Wildman–Crippen LogP) is 1.99. The van der Waals surface area contributed by atoms with Crippen LogP contribution in [0, 0.1) is 0 Å². The highest BCUT2D eigenvalue weighted by Crippen LogP contribution is 2.22. The molecule has 2 N–H and O–H groups in total. The molecule has 11 heavy (non-hydrogen) atoms. The Bertz CT molecular complexity index is 257. The molecule has 0 bridgehead atoms. The van der Waals surface area contributed by atoms with Crippen LogP contribution in [0.2, 0.25) is 0 Å². The van der Waals surface area contributed by atoms with Crippen molar-refractivity contribution in [3.8, 4) is 0 Å². The van der Waals surface area contributed by atoms with Crippen LogP contribution in [0.25, 0.3) is 0 Å². The van der Waals surface area contributed by atoms with Crippen LogP contribution in [-0.2, 0) is 0 Å². The maximum Gasteiger partial charge on any atom is 0.0823 e. The summed E-state index contributed by atoms with van der Waals surface area (Å²) >= 11 is 0. The molecule has 1 aliphatic heterocycles. The molecule has 2 nitrogen and oxygen atoms in total. The summed E-state index contributed by atoms with van der Waals surface area (Å²) in [5.41, 5.74) is 9.88. The summed E-state index contributed by atoms with van der Waals surface area (Å²) in [5, 5.41) is 0. The van der Waals surface area contributed by atoms with Gasteiger partial charge in [0.15, 0.2) is 0 Å². The third-order valence-corrected chi connectivity index (χ3v) is 1.95. The molecule has 0 aromatic heterocycles. The molecule has 0 aromatic carbocycles. The summed E-state index contributed by atoms with van der Waals surface area (Å²) in [4.78, 5) is 4.32. The molecule has 1 aliphatic rings. The number of hydrogen-bond acceptors (Lipinski definition) is 2. The van der Waals surface area contributed by atoms with Crippen LogP contribution in [0.15, 0.2) is 28.0 Å². The Hall–Kier alpha value is -1.05. The first-order chi connectivity index (χ1) is 5.20. The van der Waals surface area contributed by atoms with E-state index < -0.39 is 0 Å². The number of nitrogens with zero attached hydrogens (tertiary/aromatic N) is 1. The maximum absolute atomic E-state index is 5.83. The number of allylic oxidation sites excluding steroid dienone is 2. The van der Waals surface area contributed by atoms with Crippen molar-refractivity contribution in [2.75, 3.05) is 0 Å². The average Bonchev–Trinajstić information content (AvgIpc) is 2.26. The van der Waals surface area contributed by atoms with Crippen LogP contribution >= 0.6 is 0 Å². The molecule has 0 fully saturated rings. The van der Waals surface area contributed by atoms with Gasteiger partial charge in [-0.1, -0.05) is 13.0 Å². The molecule has 0 atom stereocenters. The van der Waals surface area contributed by atoms with Gasteiger partial charge in [0, 0.05) is 5.71 Å². The van der Waals surface area contributed by atoms with E-state index in [-0.39, 0.29) is 0 Å².